The van der Waals surface area contributed by atoms with Crippen LogP contribution in [0.3, 0.4) is 0 Å². The SMILES string of the molecule is CCCC(C)c1cc(C)c(C(=O)NCCC(=O)N2CCCC2)c(=O)o1. The van der Waals surface area contributed by atoms with Crippen LogP contribution in [0.1, 0.15) is 73.6 Å². The van der Waals surface area contributed by atoms with Crippen LogP contribution in [0.4, 0.5) is 0 Å². The first kappa shape index (κ1) is 19.2. The second-order valence-corrected chi connectivity index (χ2v) is 6.78. The smallest absolute Gasteiger partial charge is 0.349 e. The first-order chi connectivity index (χ1) is 11.9. The minimum absolute atomic E-state index is 0.0288. The Morgan fingerprint density at radius 1 is 1.32 bits per heavy atom. The summed E-state index contributed by atoms with van der Waals surface area (Å²) in [4.78, 5) is 38.3. The Kier molecular flexibility index (Phi) is 6.79. The van der Waals surface area contributed by atoms with Crippen LogP contribution in [-0.4, -0.2) is 36.3 Å². The summed E-state index contributed by atoms with van der Waals surface area (Å²) in [6.07, 6.45) is 4.26. The highest BCUT2D eigenvalue weighted by atomic mass is 16.4. The van der Waals surface area contributed by atoms with Gasteiger partial charge in [-0.25, -0.2) is 4.79 Å². The summed E-state index contributed by atoms with van der Waals surface area (Å²) in [6, 6.07) is 1.77. The fourth-order valence-electron chi connectivity index (χ4n) is 3.22. The molecule has 1 saturated heterocycles. The number of likely N-dealkylation sites (tertiary alicyclic amines) is 1. The van der Waals surface area contributed by atoms with Crippen molar-refractivity contribution in [3.63, 3.8) is 0 Å². The number of rotatable bonds is 7. The van der Waals surface area contributed by atoms with Crippen LogP contribution in [0.15, 0.2) is 15.3 Å². The van der Waals surface area contributed by atoms with E-state index in [0.717, 1.165) is 38.8 Å². The number of carbonyl (C=O) groups excluding carboxylic acids is 2. The monoisotopic (exact) mass is 348 g/mol. The third kappa shape index (κ3) is 4.94. The van der Waals surface area contributed by atoms with E-state index in [0.29, 0.717) is 11.3 Å². The minimum Gasteiger partial charge on any atom is -0.427 e. The van der Waals surface area contributed by atoms with E-state index in [1.54, 1.807) is 13.0 Å². The van der Waals surface area contributed by atoms with Crippen LogP contribution in [0, 0.1) is 6.92 Å². The lowest BCUT2D eigenvalue weighted by Crippen LogP contribution is -2.34. The maximum absolute atomic E-state index is 12.3. The average Bonchev–Trinajstić information content (AvgIpc) is 3.08. The van der Waals surface area contributed by atoms with Crippen molar-refractivity contribution in [2.24, 2.45) is 0 Å². The predicted molar refractivity (Wildman–Crippen MR) is 95.8 cm³/mol. The zero-order valence-electron chi connectivity index (χ0n) is 15.4. The standard InChI is InChI=1S/C19H28N2O4/c1-4-7-13(2)15-12-14(3)17(19(24)25-15)18(23)20-9-8-16(22)21-10-5-6-11-21/h12-13H,4-11H2,1-3H3,(H,20,23). The molecule has 1 fully saturated rings. The third-order valence-electron chi connectivity index (χ3n) is 4.69. The fraction of sp³-hybridized carbons (Fsp3) is 0.632. The van der Waals surface area contributed by atoms with Crippen LogP contribution in [-0.2, 0) is 4.79 Å². The Morgan fingerprint density at radius 2 is 2.00 bits per heavy atom. The van der Waals surface area contributed by atoms with Gasteiger partial charge in [0.1, 0.15) is 11.3 Å². The number of hydrogen-bond acceptors (Lipinski definition) is 4. The van der Waals surface area contributed by atoms with Crippen LogP contribution < -0.4 is 10.9 Å². The van der Waals surface area contributed by atoms with E-state index in [-0.39, 0.29) is 30.4 Å². The van der Waals surface area contributed by atoms with Crippen molar-refractivity contribution in [3.05, 3.63) is 33.4 Å². The lowest BCUT2D eigenvalue weighted by molar-refractivity contribution is -0.129. The van der Waals surface area contributed by atoms with Gasteiger partial charge >= 0.3 is 5.63 Å². The van der Waals surface area contributed by atoms with Gasteiger partial charge in [0.15, 0.2) is 0 Å². The highest BCUT2D eigenvalue weighted by Crippen LogP contribution is 2.21. The summed E-state index contributed by atoms with van der Waals surface area (Å²) in [6.45, 7) is 7.64. The van der Waals surface area contributed by atoms with Crippen molar-refractivity contribution >= 4 is 11.8 Å². The summed E-state index contributed by atoms with van der Waals surface area (Å²) in [5.41, 5.74) is 0.0277. The summed E-state index contributed by atoms with van der Waals surface area (Å²) in [7, 11) is 0. The van der Waals surface area contributed by atoms with Crippen LogP contribution >= 0.6 is 0 Å². The molecule has 1 aromatic heterocycles. The van der Waals surface area contributed by atoms with Crippen LogP contribution in [0.2, 0.25) is 0 Å². The summed E-state index contributed by atoms with van der Waals surface area (Å²) in [5.74, 6) is 0.331. The first-order valence-corrected chi connectivity index (χ1v) is 9.14. The number of nitrogens with zero attached hydrogens (tertiary/aromatic N) is 1. The molecule has 0 spiro atoms. The number of amides is 2. The van der Waals surface area contributed by atoms with E-state index in [1.165, 1.54) is 0 Å². The molecule has 25 heavy (non-hydrogen) atoms. The average molecular weight is 348 g/mol. The molecule has 2 rings (SSSR count). The van der Waals surface area contributed by atoms with Crippen molar-refractivity contribution in [1.29, 1.82) is 0 Å². The predicted octanol–water partition coefficient (Wildman–Crippen LogP) is 2.59. The molecule has 0 radical (unpaired) electrons. The van der Waals surface area contributed by atoms with Crippen molar-refractivity contribution in [3.8, 4) is 0 Å². The molecular formula is C19H28N2O4. The Hall–Kier alpha value is -2.11. The van der Waals surface area contributed by atoms with Crippen molar-refractivity contribution in [1.82, 2.24) is 10.2 Å². The van der Waals surface area contributed by atoms with E-state index in [2.05, 4.69) is 12.2 Å². The van der Waals surface area contributed by atoms with E-state index in [9.17, 15) is 14.4 Å². The highest BCUT2D eigenvalue weighted by Gasteiger charge is 2.20. The molecule has 1 aromatic rings. The Morgan fingerprint density at radius 3 is 2.60 bits per heavy atom. The maximum Gasteiger partial charge on any atom is 0.349 e. The van der Waals surface area contributed by atoms with Crippen molar-refractivity contribution in [2.75, 3.05) is 19.6 Å². The van der Waals surface area contributed by atoms with Gasteiger partial charge in [-0.3, -0.25) is 9.59 Å². The molecule has 1 atom stereocenters. The van der Waals surface area contributed by atoms with Gasteiger partial charge in [0, 0.05) is 32.0 Å². The first-order valence-electron chi connectivity index (χ1n) is 9.14. The number of hydrogen-bond donors (Lipinski definition) is 1. The molecular weight excluding hydrogens is 320 g/mol. The fourth-order valence-corrected chi connectivity index (χ4v) is 3.22. The molecule has 0 aliphatic carbocycles. The maximum atomic E-state index is 12.3. The second-order valence-electron chi connectivity index (χ2n) is 6.78. The van der Waals surface area contributed by atoms with E-state index in [4.69, 9.17) is 4.42 Å². The van der Waals surface area contributed by atoms with Gasteiger partial charge in [-0.05, 0) is 37.8 Å². The lowest BCUT2D eigenvalue weighted by Gasteiger charge is -2.15. The summed E-state index contributed by atoms with van der Waals surface area (Å²) in [5, 5.41) is 2.66. The van der Waals surface area contributed by atoms with Gasteiger partial charge < -0.3 is 14.6 Å². The lowest BCUT2D eigenvalue weighted by atomic mass is 10.0. The normalized spacial score (nSPS) is 15.2. The topological polar surface area (TPSA) is 79.6 Å². The third-order valence-corrected chi connectivity index (χ3v) is 4.69. The van der Waals surface area contributed by atoms with Gasteiger partial charge in [-0.15, -0.1) is 0 Å². The Balaban J connectivity index is 1.96. The molecule has 0 aromatic carbocycles. The number of aryl methyl sites for hydroxylation is 1. The van der Waals surface area contributed by atoms with Gasteiger partial charge in [-0.2, -0.15) is 0 Å². The van der Waals surface area contributed by atoms with Crippen molar-refractivity contribution in [2.45, 2.75) is 58.8 Å². The zero-order chi connectivity index (χ0) is 18.4. The molecule has 0 bridgehead atoms. The molecule has 1 unspecified atom stereocenters. The van der Waals surface area contributed by atoms with E-state index in [1.807, 2.05) is 11.8 Å². The molecule has 6 nitrogen and oxygen atoms in total. The Bertz CT molecular complexity index is 674. The minimum atomic E-state index is -0.610. The van der Waals surface area contributed by atoms with Gasteiger partial charge in [0.05, 0.1) is 0 Å². The Labute approximate surface area is 148 Å². The highest BCUT2D eigenvalue weighted by molar-refractivity contribution is 5.95. The molecule has 2 amide bonds. The van der Waals surface area contributed by atoms with Gasteiger partial charge in [-0.1, -0.05) is 20.3 Å². The number of nitrogens with one attached hydrogen (secondary N) is 1. The molecule has 1 N–H and O–H groups in total. The molecule has 2 heterocycles. The largest absolute Gasteiger partial charge is 0.427 e. The number of carbonyl (C=O) groups is 2. The zero-order valence-corrected chi connectivity index (χ0v) is 15.4. The van der Waals surface area contributed by atoms with E-state index >= 15 is 0 Å². The molecule has 6 heteroatoms. The molecule has 1 aliphatic heterocycles. The van der Waals surface area contributed by atoms with E-state index < -0.39 is 11.5 Å². The van der Waals surface area contributed by atoms with Gasteiger partial charge in [0.2, 0.25) is 5.91 Å². The van der Waals surface area contributed by atoms with Crippen molar-refractivity contribution < 1.29 is 14.0 Å². The molecule has 138 valence electrons. The van der Waals surface area contributed by atoms with Crippen LogP contribution in [0.5, 0.6) is 0 Å². The van der Waals surface area contributed by atoms with Crippen LogP contribution in [0.25, 0.3) is 0 Å². The summed E-state index contributed by atoms with van der Waals surface area (Å²) >= 11 is 0. The molecule has 0 saturated carbocycles. The molecule has 1 aliphatic rings. The second kappa shape index (κ2) is 8.83. The van der Waals surface area contributed by atoms with Gasteiger partial charge in [0.25, 0.3) is 5.91 Å². The summed E-state index contributed by atoms with van der Waals surface area (Å²) < 4.78 is 5.34. The quantitative estimate of drug-likeness (QED) is 0.821.